The fourth-order valence-electron chi connectivity index (χ4n) is 4.97. The molecule has 1 aromatic heterocycles. The van der Waals surface area contributed by atoms with Crippen molar-refractivity contribution in [2.75, 3.05) is 7.11 Å². The van der Waals surface area contributed by atoms with E-state index in [0.717, 1.165) is 39.7 Å². The summed E-state index contributed by atoms with van der Waals surface area (Å²) in [5.41, 5.74) is 5.77. The molecule has 0 bridgehead atoms. The number of halogens is 2. The summed E-state index contributed by atoms with van der Waals surface area (Å²) in [6.07, 6.45) is 3.41. The molecule has 0 saturated carbocycles. The number of nitrogens with zero attached hydrogens (tertiary/aromatic N) is 2. The molecule has 1 N–H and O–H groups in total. The lowest BCUT2D eigenvalue weighted by atomic mass is 9.83. The van der Waals surface area contributed by atoms with Gasteiger partial charge in [0.1, 0.15) is 0 Å². The standard InChI is InChI=1S/C28H20BrClN2O3S/c1-35-22-14-18(29)12-17(26(22)33)13-23-27(34)32-25(16-6-9-19(30)10-7-16)21-11-8-15-4-2-3-5-20(15)24(21)31-28(32)36-23/h2-7,9-10,12-14,25,33H,8,11H2,1H3/b23-13-. The molecular weight excluding hydrogens is 560 g/mol. The second-order valence-electron chi connectivity index (χ2n) is 8.71. The number of thiazole rings is 1. The number of aryl methyl sites for hydroxylation is 1. The molecule has 3 aromatic carbocycles. The van der Waals surface area contributed by atoms with E-state index < -0.39 is 0 Å². The lowest BCUT2D eigenvalue weighted by Crippen LogP contribution is -2.38. The Morgan fingerprint density at radius 3 is 2.72 bits per heavy atom. The number of phenols is 1. The molecular formula is C28H20BrClN2O3S. The van der Waals surface area contributed by atoms with Gasteiger partial charge in [0.2, 0.25) is 0 Å². The van der Waals surface area contributed by atoms with Crippen LogP contribution in [-0.4, -0.2) is 16.8 Å². The number of fused-ring (bicyclic) bond motifs is 3. The average molecular weight is 580 g/mol. The fraction of sp³-hybridized carbons (Fsp3) is 0.143. The second kappa shape index (κ2) is 9.07. The highest BCUT2D eigenvalue weighted by molar-refractivity contribution is 9.10. The van der Waals surface area contributed by atoms with Crippen LogP contribution in [0.5, 0.6) is 11.5 Å². The Balaban J connectivity index is 1.62. The predicted octanol–water partition coefficient (Wildman–Crippen LogP) is 5.45. The Hall–Kier alpha value is -3.13. The minimum absolute atomic E-state index is 0.0194. The summed E-state index contributed by atoms with van der Waals surface area (Å²) in [7, 11) is 1.49. The first-order valence-electron chi connectivity index (χ1n) is 11.4. The summed E-state index contributed by atoms with van der Waals surface area (Å²) in [4.78, 5) is 19.5. The predicted molar refractivity (Wildman–Crippen MR) is 147 cm³/mol. The Kier molecular flexibility index (Phi) is 5.86. The molecule has 6 rings (SSSR count). The van der Waals surface area contributed by atoms with Gasteiger partial charge in [-0.2, -0.15) is 0 Å². The van der Waals surface area contributed by atoms with Crippen molar-refractivity contribution in [3.05, 3.63) is 118 Å². The number of hydrogen-bond acceptors (Lipinski definition) is 5. The van der Waals surface area contributed by atoms with Crippen molar-refractivity contribution >= 4 is 50.6 Å². The summed E-state index contributed by atoms with van der Waals surface area (Å²) < 4.78 is 8.28. The van der Waals surface area contributed by atoms with Gasteiger partial charge in [0.05, 0.1) is 23.4 Å². The highest BCUT2D eigenvalue weighted by Crippen LogP contribution is 2.41. The molecule has 1 unspecified atom stereocenters. The highest BCUT2D eigenvalue weighted by Gasteiger charge is 2.32. The van der Waals surface area contributed by atoms with E-state index >= 15 is 0 Å². The number of aromatic nitrogens is 1. The Morgan fingerprint density at radius 1 is 1.17 bits per heavy atom. The van der Waals surface area contributed by atoms with E-state index in [0.29, 0.717) is 25.7 Å². The van der Waals surface area contributed by atoms with Gasteiger partial charge in [-0.25, -0.2) is 4.99 Å². The molecule has 0 saturated heterocycles. The number of hydrogen-bond donors (Lipinski definition) is 1. The lowest BCUT2D eigenvalue weighted by molar-refractivity contribution is 0.372. The molecule has 2 aliphatic rings. The van der Waals surface area contributed by atoms with Crippen LogP contribution in [0, 0.1) is 0 Å². The van der Waals surface area contributed by atoms with Crippen LogP contribution in [0.4, 0.5) is 0 Å². The molecule has 1 aliphatic heterocycles. The average Bonchev–Trinajstić information content (AvgIpc) is 3.19. The second-order valence-corrected chi connectivity index (χ2v) is 11.1. The zero-order chi connectivity index (χ0) is 25.0. The summed E-state index contributed by atoms with van der Waals surface area (Å²) in [5.74, 6) is 0.309. The van der Waals surface area contributed by atoms with E-state index in [9.17, 15) is 9.90 Å². The van der Waals surface area contributed by atoms with E-state index in [4.69, 9.17) is 21.3 Å². The SMILES string of the molecule is COc1cc(Br)cc(/C=c2\sc3n(c2=O)C(c2ccc(Cl)cc2)C2=C(N=3)c3ccccc3CC2)c1O. The van der Waals surface area contributed by atoms with Gasteiger partial charge in [-0.15, -0.1) is 0 Å². The Morgan fingerprint density at radius 2 is 1.94 bits per heavy atom. The number of phenolic OH excluding ortho intramolecular Hbond substituents is 1. The largest absolute Gasteiger partial charge is 0.504 e. The van der Waals surface area contributed by atoms with Gasteiger partial charge >= 0.3 is 0 Å². The summed E-state index contributed by atoms with van der Waals surface area (Å²) in [6, 6.07) is 19.2. The molecule has 0 radical (unpaired) electrons. The smallest absolute Gasteiger partial charge is 0.271 e. The van der Waals surface area contributed by atoms with Crippen LogP contribution in [0.3, 0.4) is 0 Å². The van der Waals surface area contributed by atoms with Gasteiger partial charge in [-0.3, -0.25) is 9.36 Å². The van der Waals surface area contributed by atoms with E-state index in [2.05, 4.69) is 34.1 Å². The number of ether oxygens (including phenoxy) is 1. The first-order valence-corrected chi connectivity index (χ1v) is 13.4. The molecule has 1 atom stereocenters. The number of benzene rings is 3. The molecule has 8 heteroatoms. The maximum atomic E-state index is 13.8. The molecule has 0 fully saturated rings. The van der Waals surface area contributed by atoms with Crippen molar-refractivity contribution in [2.45, 2.75) is 18.9 Å². The van der Waals surface area contributed by atoms with Gasteiger partial charge in [-0.05, 0) is 59.9 Å². The van der Waals surface area contributed by atoms with Gasteiger partial charge in [0.15, 0.2) is 16.3 Å². The van der Waals surface area contributed by atoms with Crippen molar-refractivity contribution in [1.29, 1.82) is 0 Å². The van der Waals surface area contributed by atoms with E-state index in [1.807, 2.05) is 30.3 Å². The third-order valence-electron chi connectivity index (χ3n) is 6.63. The molecule has 1 aliphatic carbocycles. The molecule has 4 aromatic rings. The number of rotatable bonds is 3. The van der Waals surface area contributed by atoms with E-state index in [1.165, 1.54) is 24.0 Å². The van der Waals surface area contributed by atoms with Crippen LogP contribution in [-0.2, 0) is 6.42 Å². The summed E-state index contributed by atoms with van der Waals surface area (Å²) >= 11 is 11.0. The topological polar surface area (TPSA) is 63.8 Å². The minimum atomic E-state index is -0.283. The van der Waals surface area contributed by atoms with Gasteiger partial charge < -0.3 is 9.84 Å². The zero-order valence-corrected chi connectivity index (χ0v) is 22.3. The molecule has 180 valence electrons. The minimum Gasteiger partial charge on any atom is -0.504 e. The molecule has 36 heavy (non-hydrogen) atoms. The van der Waals surface area contributed by atoms with Crippen LogP contribution in [0.15, 0.2) is 80.5 Å². The Labute approximate surface area is 224 Å². The van der Waals surface area contributed by atoms with Crippen LogP contribution in [0.1, 0.15) is 34.7 Å². The van der Waals surface area contributed by atoms with Crippen LogP contribution in [0.25, 0.3) is 11.8 Å². The normalized spacial score (nSPS) is 16.8. The van der Waals surface area contributed by atoms with Crippen LogP contribution < -0.4 is 19.6 Å². The maximum absolute atomic E-state index is 13.8. The highest BCUT2D eigenvalue weighted by atomic mass is 79.9. The van der Waals surface area contributed by atoms with Gasteiger partial charge in [-0.1, -0.05) is 75.3 Å². The van der Waals surface area contributed by atoms with Gasteiger partial charge in [0, 0.05) is 20.6 Å². The van der Waals surface area contributed by atoms with Crippen molar-refractivity contribution in [3.8, 4) is 11.5 Å². The number of methoxy groups -OCH3 is 1. The lowest BCUT2D eigenvalue weighted by Gasteiger charge is -2.30. The van der Waals surface area contributed by atoms with E-state index in [1.54, 1.807) is 22.8 Å². The monoisotopic (exact) mass is 578 g/mol. The van der Waals surface area contributed by atoms with Crippen molar-refractivity contribution in [1.82, 2.24) is 4.57 Å². The molecule has 5 nitrogen and oxygen atoms in total. The van der Waals surface area contributed by atoms with E-state index in [-0.39, 0.29) is 17.4 Å². The van der Waals surface area contributed by atoms with Gasteiger partial charge in [0.25, 0.3) is 5.56 Å². The van der Waals surface area contributed by atoms with Crippen molar-refractivity contribution in [3.63, 3.8) is 0 Å². The third kappa shape index (κ3) is 3.82. The Bertz CT molecular complexity index is 1740. The molecule has 2 heterocycles. The van der Waals surface area contributed by atoms with Crippen molar-refractivity contribution in [2.24, 2.45) is 4.99 Å². The summed E-state index contributed by atoms with van der Waals surface area (Å²) in [6.45, 7) is 0. The van der Waals surface area contributed by atoms with Crippen LogP contribution in [0.2, 0.25) is 5.02 Å². The maximum Gasteiger partial charge on any atom is 0.271 e. The molecule has 0 amide bonds. The quantitative estimate of drug-likeness (QED) is 0.351. The number of aromatic hydroxyl groups is 1. The van der Waals surface area contributed by atoms with Crippen molar-refractivity contribution < 1.29 is 9.84 Å². The third-order valence-corrected chi connectivity index (χ3v) is 8.33. The zero-order valence-electron chi connectivity index (χ0n) is 19.2. The first-order chi connectivity index (χ1) is 17.4. The summed E-state index contributed by atoms with van der Waals surface area (Å²) in [5, 5.41) is 11.3. The van der Waals surface area contributed by atoms with Crippen LogP contribution >= 0.6 is 38.9 Å². The molecule has 0 spiro atoms. The fourth-order valence-corrected chi connectivity index (χ4v) is 6.54. The number of allylic oxidation sites excluding steroid dienone is 1. The first kappa shape index (κ1) is 23.3.